The fraction of sp³-hybridized carbons (Fsp3) is 0.350. The molecule has 0 N–H and O–H groups in total. The summed E-state index contributed by atoms with van der Waals surface area (Å²) < 4.78 is 4.05. The van der Waals surface area contributed by atoms with Crippen LogP contribution in [0.4, 0.5) is 5.82 Å². The van der Waals surface area contributed by atoms with E-state index in [0.717, 1.165) is 47.6 Å². The minimum atomic E-state index is -0.127. The maximum absolute atomic E-state index is 4.82. The molecule has 0 aliphatic carbocycles. The molecule has 1 aliphatic rings. The van der Waals surface area contributed by atoms with Gasteiger partial charge in [-0.05, 0) is 12.1 Å². The Balaban J connectivity index is 1.48. The van der Waals surface area contributed by atoms with Crippen LogP contribution < -0.4 is 4.90 Å². The van der Waals surface area contributed by atoms with Crippen molar-refractivity contribution in [3.05, 3.63) is 54.1 Å². The van der Waals surface area contributed by atoms with E-state index in [9.17, 15) is 0 Å². The predicted octanol–water partition coefficient (Wildman–Crippen LogP) is 2.70. The normalized spacial score (nSPS) is 14.5. The summed E-state index contributed by atoms with van der Waals surface area (Å²) in [6, 6.07) is 14.2. The first-order valence-corrected chi connectivity index (χ1v) is 9.46. The zero-order valence-electron chi connectivity index (χ0n) is 16.2. The first-order chi connectivity index (χ1) is 13.5. The second-order valence-electron chi connectivity index (χ2n) is 8.11. The molecule has 28 heavy (non-hydrogen) atoms. The topological polar surface area (TPSA) is 77.0 Å². The summed E-state index contributed by atoms with van der Waals surface area (Å²) in [5.74, 6) is 3.63. The van der Waals surface area contributed by atoms with Crippen molar-refractivity contribution >= 4 is 11.5 Å². The van der Waals surface area contributed by atoms with Gasteiger partial charge in [0.15, 0.2) is 23.1 Å². The van der Waals surface area contributed by atoms with E-state index in [0.29, 0.717) is 6.54 Å². The number of benzene rings is 1. The van der Waals surface area contributed by atoms with Crippen molar-refractivity contribution in [1.29, 1.82) is 0 Å². The highest BCUT2D eigenvalue weighted by Crippen LogP contribution is 2.25. The second kappa shape index (κ2) is 6.12. The highest BCUT2D eigenvalue weighted by molar-refractivity contribution is 5.55. The standard InChI is InChI=1S/C20H22N8/c1-20(2,3)19-24-21-15-9-10-16(25-28(15)19)26-11-12-27-17(13-26)22-23-18(27)14-7-5-4-6-8-14/h4-10H,11-13H2,1-3H3. The Morgan fingerprint density at radius 2 is 1.68 bits per heavy atom. The summed E-state index contributed by atoms with van der Waals surface area (Å²) >= 11 is 0. The van der Waals surface area contributed by atoms with Gasteiger partial charge in [0.1, 0.15) is 5.82 Å². The van der Waals surface area contributed by atoms with Gasteiger partial charge in [0.25, 0.3) is 0 Å². The van der Waals surface area contributed by atoms with Crippen molar-refractivity contribution in [3.8, 4) is 11.4 Å². The Labute approximate surface area is 162 Å². The number of hydrogen-bond donors (Lipinski definition) is 0. The molecule has 0 atom stereocenters. The van der Waals surface area contributed by atoms with Crippen LogP contribution in [0, 0.1) is 0 Å². The molecular weight excluding hydrogens is 352 g/mol. The number of rotatable bonds is 2. The molecule has 8 nitrogen and oxygen atoms in total. The zero-order valence-corrected chi connectivity index (χ0v) is 16.2. The quantitative estimate of drug-likeness (QED) is 0.537. The molecule has 4 heterocycles. The SMILES string of the molecule is CC(C)(C)c1nnc2ccc(N3CCn4c(nnc4-c4ccccc4)C3)nn12. The minimum Gasteiger partial charge on any atom is -0.346 e. The summed E-state index contributed by atoms with van der Waals surface area (Å²) in [4.78, 5) is 2.23. The zero-order chi connectivity index (χ0) is 19.3. The van der Waals surface area contributed by atoms with Crippen LogP contribution in [0.3, 0.4) is 0 Å². The Kier molecular flexibility index (Phi) is 3.68. The van der Waals surface area contributed by atoms with E-state index in [4.69, 9.17) is 5.10 Å². The molecule has 0 spiro atoms. The van der Waals surface area contributed by atoms with Crippen molar-refractivity contribution in [2.45, 2.75) is 39.3 Å². The summed E-state index contributed by atoms with van der Waals surface area (Å²) in [6.07, 6.45) is 0. The first kappa shape index (κ1) is 16.9. The van der Waals surface area contributed by atoms with E-state index in [1.165, 1.54) is 0 Å². The van der Waals surface area contributed by atoms with Gasteiger partial charge in [-0.1, -0.05) is 51.1 Å². The van der Waals surface area contributed by atoms with Crippen LogP contribution in [0.1, 0.15) is 32.4 Å². The number of hydrogen-bond acceptors (Lipinski definition) is 6. The number of fused-ring (bicyclic) bond motifs is 2. The molecule has 1 aromatic carbocycles. The molecule has 1 aliphatic heterocycles. The summed E-state index contributed by atoms with van der Waals surface area (Å²) in [5.41, 5.74) is 1.73. The number of aromatic nitrogens is 7. The van der Waals surface area contributed by atoms with Gasteiger partial charge < -0.3 is 9.47 Å². The highest BCUT2D eigenvalue weighted by atomic mass is 15.4. The van der Waals surface area contributed by atoms with Crippen LogP contribution in [0.2, 0.25) is 0 Å². The Hall–Kier alpha value is -3.29. The fourth-order valence-corrected chi connectivity index (χ4v) is 3.57. The molecule has 5 rings (SSSR count). The Morgan fingerprint density at radius 1 is 0.857 bits per heavy atom. The molecule has 0 unspecified atom stereocenters. The van der Waals surface area contributed by atoms with Gasteiger partial charge in [-0.15, -0.1) is 25.5 Å². The van der Waals surface area contributed by atoms with Crippen LogP contribution in [-0.4, -0.2) is 41.1 Å². The van der Waals surface area contributed by atoms with Crippen molar-refractivity contribution in [2.75, 3.05) is 11.4 Å². The molecule has 0 saturated heterocycles. The van der Waals surface area contributed by atoms with Crippen LogP contribution in [-0.2, 0) is 18.5 Å². The van der Waals surface area contributed by atoms with Gasteiger partial charge in [-0.2, -0.15) is 4.52 Å². The van der Waals surface area contributed by atoms with Crippen molar-refractivity contribution < 1.29 is 0 Å². The van der Waals surface area contributed by atoms with E-state index >= 15 is 0 Å². The minimum absolute atomic E-state index is 0.127. The molecule has 0 fully saturated rings. The van der Waals surface area contributed by atoms with E-state index in [1.807, 2.05) is 34.8 Å². The number of nitrogens with zero attached hydrogens (tertiary/aromatic N) is 8. The van der Waals surface area contributed by atoms with Crippen molar-refractivity contribution in [2.24, 2.45) is 0 Å². The predicted molar refractivity (Wildman–Crippen MR) is 106 cm³/mol. The lowest BCUT2D eigenvalue weighted by molar-refractivity contribution is 0.522. The molecular formula is C20H22N8. The van der Waals surface area contributed by atoms with Gasteiger partial charge in [0.05, 0.1) is 6.54 Å². The van der Waals surface area contributed by atoms with E-state index < -0.39 is 0 Å². The van der Waals surface area contributed by atoms with Crippen molar-refractivity contribution in [3.63, 3.8) is 0 Å². The molecule has 0 saturated carbocycles. The molecule has 0 bridgehead atoms. The largest absolute Gasteiger partial charge is 0.346 e. The van der Waals surface area contributed by atoms with Crippen LogP contribution in [0.15, 0.2) is 42.5 Å². The van der Waals surface area contributed by atoms with Crippen molar-refractivity contribution in [1.82, 2.24) is 34.6 Å². The number of anilines is 1. The van der Waals surface area contributed by atoms with Gasteiger partial charge in [0, 0.05) is 24.1 Å². The molecule has 0 amide bonds. The summed E-state index contributed by atoms with van der Waals surface area (Å²) in [7, 11) is 0. The molecule has 142 valence electrons. The Morgan fingerprint density at radius 3 is 2.46 bits per heavy atom. The van der Waals surface area contributed by atoms with Crippen LogP contribution in [0.5, 0.6) is 0 Å². The van der Waals surface area contributed by atoms with E-state index in [-0.39, 0.29) is 5.41 Å². The summed E-state index contributed by atoms with van der Waals surface area (Å²) in [5, 5.41) is 22.3. The first-order valence-electron chi connectivity index (χ1n) is 9.46. The van der Waals surface area contributed by atoms with Gasteiger partial charge in [-0.25, -0.2) is 0 Å². The van der Waals surface area contributed by atoms with Crippen LogP contribution in [0.25, 0.3) is 17.0 Å². The van der Waals surface area contributed by atoms with Gasteiger partial charge in [-0.3, -0.25) is 0 Å². The van der Waals surface area contributed by atoms with Crippen LogP contribution >= 0.6 is 0 Å². The fourth-order valence-electron chi connectivity index (χ4n) is 3.57. The lowest BCUT2D eigenvalue weighted by atomic mass is 9.96. The smallest absolute Gasteiger partial charge is 0.178 e. The molecule has 4 aromatic rings. The highest BCUT2D eigenvalue weighted by Gasteiger charge is 2.25. The lowest BCUT2D eigenvalue weighted by Crippen LogP contribution is -2.35. The summed E-state index contributed by atoms with van der Waals surface area (Å²) in [6.45, 7) is 8.69. The monoisotopic (exact) mass is 374 g/mol. The maximum Gasteiger partial charge on any atom is 0.178 e. The average Bonchev–Trinajstić information content (AvgIpc) is 3.31. The van der Waals surface area contributed by atoms with Gasteiger partial charge in [0.2, 0.25) is 0 Å². The Bertz CT molecular complexity index is 1140. The molecule has 3 aromatic heterocycles. The maximum atomic E-state index is 4.82. The third-order valence-electron chi connectivity index (χ3n) is 5.03. The van der Waals surface area contributed by atoms with E-state index in [1.54, 1.807) is 0 Å². The third-order valence-corrected chi connectivity index (χ3v) is 5.03. The molecule has 8 heteroatoms. The average molecular weight is 374 g/mol. The molecule has 0 radical (unpaired) electrons. The van der Waals surface area contributed by atoms with E-state index in [2.05, 4.69) is 62.8 Å². The lowest BCUT2D eigenvalue weighted by Gasteiger charge is -2.28. The van der Waals surface area contributed by atoms with Gasteiger partial charge >= 0.3 is 0 Å². The second-order valence-corrected chi connectivity index (χ2v) is 8.11. The third kappa shape index (κ3) is 2.72.